The van der Waals surface area contributed by atoms with E-state index in [0.717, 1.165) is 41.5 Å². The van der Waals surface area contributed by atoms with Crippen LogP contribution < -0.4 is 15.5 Å². The van der Waals surface area contributed by atoms with Crippen LogP contribution in [0.1, 0.15) is 58.6 Å². The number of cyclic esters (lactones) is 1. The van der Waals surface area contributed by atoms with Crippen molar-refractivity contribution in [2.24, 2.45) is 0 Å². The summed E-state index contributed by atoms with van der Waals surface area (Å²) >= 11 is 19.7. The smallest absolute Gasteiger partial charge is 0.410 e. The van der Waals surface area contributed by atoms with Crippen molar-refractivity contribution in [1.82, 2.24) is 24.8 Å². The van der Waals surface area contributed by atoms with E-state index in [2.05, 4.69) is 20.5 Å². The van der Waals surface area contributed by atoms with Gasteiger partial charge in [-0.2, -0.15) is 0 Å². The highest BCUT2D eigenvalue weighted by Gasteiger charge is 2.33. The fraction of sp³-hybridized carbons (Fsp3) is 0.289. The number of ether oxygens (including phenoxy) is 2. The first-order valence-corrected chi connectivity index (χ1v) is 21.0. The molecule has 0 spiro atoms. The number of aromatic amines is 1. The van der Waals surface area contributed by atoms with Gasteiger partial charge < -0.3 is 39.5 Å². The summed E-state index contributed by atoms with van der Waals surface area (Å²) in [6.45, 7) is 5.06. The molecule has 4 aromatic carbocycles. The highest BCUT2D eigenvalue weighted by molar-refractivity contribution is 6.35. The maximum Gasteiger partial charge on any atom is 0.410 e. The summed E-state index contributed by atoms with van der Waals surface area (Å²) in [6.07, 6.45) is 3.74. The summed E-state index contributed by atoms with van der Waals surface area (Å²) in [5, 5.41) is 8.35. The first kappa shape index (κ1) is 41.2. The van der Waals surface area contributed by atoms with Crippen LogP contribution in [0.5, 0.6) is 0 Å². The molecular weight excluding hydrogens is 825 g/mol. The molecule has 2 aromatic heterocycles. The molecule has 2 aliphatic rings. The van der Waals surface area contributed by atoms with E-state index in [1.165, 1.54) is 0 Å². The standard InChI is InChI=1S/C45H44Cl3N7O5/c1-27(33-12-10-30(46)24-35(33)48)55-26-50-40(28-7-4-3-5-8-28)42(55)39-34-13-11-31(47)25-36(34)51-41(39)44(57)52-37-23-29(43(56)49-17-22-59-2)9-14-38(37)53-19-15-32(16-20-53)54-18-6-21-60-45(54)58/h3-5,7-14,23-27,32,51H,6,15-22H2,1-2H3,(H,49,56)(H,52,57)/t27-/m0/s1. The molecule has 3 amide bonds. The second kappa shape index (κ2) is 18.0. The number of benzene rings is 4. The van der Waals surface area contributed by atoms with Gasteiger partial charge in [0.1, 0.15) is 5.69 Å². The monoisotopic (exact) mass is 867 g/mol. The summed E-state index contributed by atoms with van der Waals surface area (Å²) in [7, 11) is 1.57. The number of fused-ring (bicyclic) bond motifs is 1. The number of carbonyl (C=O) groups is 3. The van der Waals surface area contributed by atoms with Crippen molar-refractivity contribution in [3.63, 3.8) is 0 Å². The molecule has 4 heterocycles. The quantitative estimate of drug-likeness (QED) is 0.104. The number of hydrogen-bond acceptors (Lipinski definition) is 7. The van der Waals surface area contributed by atoms with Crippen LogP contribution in [0.2, 0.25) is 15.1 Å². The van der Waals surface area contributed by atoms with Gasteiger partial charge in [-0.05, 0) is 74.2 Å². The van der Waals surface area contributed by atoms with Gasteiger partial charge >= 0.3 is 6.09 Å². The molecule has 0 saturated carbocycles. The maximum absolute atomic E-state index is 15.1. The van der Waals surface area contributed by atoms with Crippen LogP contribution in [-0.4, -0.2) is 89.9 Å². The zero-order chi connectivity index (χ0) is 41.9. The van der Waals surface area contributed by atoms with E-state index in [4.69, 9.17) is 49.3 Å². The van der Waals surface area contributed by atoms with Crippen molar-refractivity contribution in [3.8, 4) is 22.5 Å². The summed E-state index contributed by atoms with van der Waals surface area (Å²) in [4.78, 5) is 53.4. The number of anilines is 2. The Kier molecular flexibility index (Phi) is 12.4. The number of amides is 3. The third kappa shape index (κ3) is 8.42. The Balaban J connectivity index is 1.22. The van der Waals surface area contributed by atoms with Gasteiger partial charge in [0.15, 0.2) is 0 Å². The third-order valence-corrected chi connectivity index (χ3v) is 12.0. The van der Waals surface area contributed by atoms with Crippen LogP contribution in [0.15, 0.2) is 91.3 Å². The highest BCUT2D eigenvalue weighted by atomic mass is 35.5. The lowest BCUT2D eigenvalue weighted by Gasteiger charge is -2.40. The van der Waals surface area contributed by atoms with Crippen molar-refractivity contribution in [1.29, 1.82) is 0 Å². The maximum atomic E-state index is 15.1. The molecule has 0 aliphatic carbocycles. The molecule has 1 atom stereocenters. The zero-order valence-corrected chi connectivity index (χ0v) is 35.4. The number of imidazole rings is 1. The number of methoxy groups -OCH3 is 1. The Hall–Kier alpha value is -5.53. The van der Waals surface area contributed by atoms with Crippen molar-refractivity contribution in [3.05, 3.63) is 123 Å². The zero-order valence-electron chi connectivity index (χ0n) is 33.1. The van der Waals surface area contributed by atoms with E-state index in [-0.39, 0.29) is 29.8 Å². The van der Waals surface area contributed by atoms with Crippen LogP contribution >= 0.6 is 34.8 Å². The van der Waals surface area contributed by atoms with Crippen LogP contribution in [-0.2, 0) is 9.47 Å². The first-order chi connectivity index (χ1) is 29.1. The van der Waals surface area contributed by atoms with E-state index < -0.39 is 5.91 Å². The average Bonchev–Trinajstić information content (AvgIpc) is 3.86. The number of H-pyrrole nitrogens is 1. The Bertz CT molecular complexity index is 2550. The van der Waals surface area contributed by atoms with Gasteiger partial charge in [0.25, 0.3) is 11.8 Å². The number of hydrogen-bond donors (Lipinski definition) is 3. The van der Waals surface area contributed by atoms with Gasteiger partial charge in [0, 0.05) is 82.0 Å². The summed E-state index contributed by atoms with van der Waals surface area (Å²) in [5.41, 5.74) is 6.12. The lowest BCUT2D eigenvalue weighted by molar-refractivity contribution is 0.0499. The Morgan fingerprint density at radius 3 is 2.47 bits per heavy atom. The molecule has 2 fully saturated rings. The number of carbonyl (C=O) groups excluding carboxylic acids is 3. The molecule has 60 heavy (non-hydrogen) atoms. The SMILES string of the molecule is COCCNC(=O)c1ccc(N2CCC(N3CCCOC3=O)CC2)c(NC(=O)c2[nH]c3cc(Cl)ccc3c2-c2c(-c3ccccc3)ncn2[C@@H](C)c2ccc(Cl)cc2Cl)c1. The molecule has 3 N–H and O–H groups in total. The minimum Gasteiger partial charge on any atom is -0.449 e. The molecular formula is C45H44Cl3N7O5. The minimum absolute atomic E-state index is 0.0486. The topological polar surface area (TPSA) is 134 Å². The van der Waals surface area contributed by atoms with Gasteiger partial charge in [0.05, 0.1) is 48.3 Å². The molecule has 15 heteroatoms. The van der Waals surface area contributed by atoms with Crippen molar-refractivity contribution in [2.45, 2.75) is 38.3 Å². The van der Waals surface area contributed by atoms with Crippen LogP contribution in [0, 0.1) is 0 Å². The fourth-order valence-electron chi connectivity index (χ4n) is 8.21. The number of aromatic nitrogens is 3. The third-order valence-electron chi connectivity index (χ3n) is 11.2. The predicted octanol–water partition coefficient (Wildman–Crippen LogP) is 9.71. The number of nitrogens with one attached hydrogen (secondary N) is 3. The number of nitrogens with zero attached hydrogens (tertiary/aromatic N) is 4. The van der Waals surface area contributed by atoms with Gasteiger partial charge in [-0.15, -0.1) is 0 Å². The molecule has 0 radical (unpaired) electrons. The summed E-state index contributed by atoms with van der Waals surface area (Å²) in [6, 6.07) is 25.7. The second-order valence-corrected chi connectivity index (χ2v) is 16.2. The van der Waals surface area contributed by atoms with E-state index in [1.54, 1.807) is 49.8 Å². The van der Waals surface area contributed by atoms with Crippen LogP contribution in [0.25, 0.3) is 33.4 Å². The fourth-order valence-corrected chi connectivity index (χ4v) is 8.95. The normalized spacial score (nSPS) is 15.2. The van der Waals surface area contributed by atoms with Crippen molar-refractivity contribution >= 4 is 75.0 Å². The highest BCUT2D eigenvalue weighted by Crippen LogP contribution is 2.43. The number of halogens is 3. The predicted molar refractivity (Wildman–Crippen MR) is 237 cm³/mol. The van der Waals surface area contributed by atoms with Gasteiger partial charge in [-0.1, -0.05) is 77.3 Å². The molecule has 310 valence electrons. The van der Waals surface area contributed by atoms with Crippen molar-refractivity contribution in [2.75, 3.05) is 56.7 Å². The van der Waals surface area contributed by atoms with Crippen LogP contribution in [0.4, 0.5) is 16.2 Å². The molecule has 0 bridgehead atoms. The summed E-state index contributed by atoms with van der Waals surface area (Å²) < 4.78 is 12.5. The largest absolute Gasteiger partial charge is 0.449 e. The Morgan fingerprint density at radius 2 is 1.72 bits per heavy atom. The molecule has 6 aromatic rings. The van der Waals surface area contributed by atoms with Gasteiger partial charge in [-0.3, -0.25) is 9.59 Å². The lowest BCUT2D eigenvalue weighted by atomic mass is 9.99. The Labute approximate surface area is 362 Å². The van der Waals surface area contributed by atoms with E-state index >= 15 is 4.79 Å². The average molecular weight is 869 g/mol. The van der Waals surface area contributed by atoms with Gasteiger partial charge in [0.2, 0.25) is 0 Å². The number of piperidine rings is 1. The second-order valence-electron chi connectivity index (χ2n) is 14.9. The Morgan fingerprint density at radius 1 is 0.950 bits per heavy atom. The minimum atomic E-state index is -0.439. The molecule has 2 aliphatic heterocycles. The van der Waals surface area contributed by atoms with Crippen molar-refractivity contribution < 1.29 is 23.9 Å². The molecule has 2 saturated heterocycles. The van der Waals surface area contributed by atoms with Crippen LogP contribution in [0.3, 0.4) is 0 Å². The molecule has 8 rings (SSSR count). The van der Waals surface area contributed by atoms with E-state index in [9.17, 15) is 9.59 Å². The molecule has 12 nitrogen and oxygen atoms in total. The molecule has 0 unspecified atom stereocenters. The number of rotatable bonds is 12. The van der Waals surface area contributed by atoms with E-state index in [1.807, 2.05) is 64.9 Å². The van der Waals surface area contributed by atoms with Gasteiger partial charge in [-0.25, -0.2) is 9.78 Å². The first-order valence-electron chi connectivity index (χ1n) is 19.9. The van der Waals surface area contributed by atoms with E-state index in [0.29, 0.717) is 88.2 Å². The lowest BCUT2D eigenvalue weighted by Crippen LogP contribution is -2.50. The summed E-state index contributed by atoms with van der Waals surface area (Å²) in [5.74, 6) is -0.742.